The maximum atomic E-state index is 14.2. The van der Waals surface area contributed by atoms with Gasteiger partial charge < -0.3 is 9.47 Å². The number of nitrogens with two attached hydrogens (primary N) is 1. The van der Waals surface area contributed by atoms with Crippen LogP contribution in [0.1, 0.15) is 36.6 Å². The summed E-state index contributed by atoms with van der Waals surface area (Å²) < 4.78 is 25.2. The summed E-state index contributed by atoms with van der Waals surface area (Å²) in [6.45, 7) is 8.36. The molecule has 1 aromatic rings. The zero-order chi connectivity index (χ0) is 14.4. The summed E-state index contributed by atoms with van der Waals surface area (Å²) >= 11 is 0. The molecular formula is C14H23FN2O2. The Hall–Kier alpha value is -1.01. The summed E-state index contributed by atoms with van der Waals surface area (Å²) in [5, 5.41) is 0. The average molecular weight is 270 g/mol. The molecule has 0 fully saturated rings. The molecular weight excluding hydrogens is 247 g/mol. The van der Waals surface area contributed by atoms with Crippen LogP contribution in [-0.4, -0.2) is 19.5 Å². The Morgan fingerprint density at radius 2 is 1.79 bits per heavy atom. The molecule has 19 heavy (non-hydrogen) atoms. The van der Waals surface area contributed by atoms with E-state index in [4.69, 9.17) is 15.3 Å². The molecule has 0 bridgehead atoms. The first-order valence-corrected chi connectivity index (χ1v) is 6.51. The predicted molar refractivity (Wildman–Crippen MR) is 73.0 cm³/mol. The number of benzene rings is 1. The Morgan fingerprint density at radius 1 is 1.21 bits per heavy atom. The van der Waals surface area contributed by atoms with Crippen LogP contribution in [0.15, 0.2) is 12.1 Å². The van der Waals surface area contributed by atoms with E-state index in [1.165, 1.54) is 6.07 Å². The zero-order valence-corrected chi connectivity index (χ0v) is 12.0. The molecule has 0 saturated heterocycles. The van der Waals surface area contributed by atoms with Crippen molar-refractivity contribution in [3.8, 4) is 0 Å². The highest BCUT2D eigenvalue weighted by molar-refractivity contribution is 5.34. The summed E-state index contributed by atoms with van der Waals surface area (Å²) in [6.07, 6.45) is -0.615. The van der Waals surface area contributed by atoms with Gasteiger partial charge in [-0.15, -0.1) is 0 Å². The van der Waals surface area contributed by atoms with Crippen molar-refractivity contribution in [2.45, 2.75) is 40.0 Å². The van der Waals surface area contributed by atoms with Crippen LogP contribution in [0, 0.1) is 19.7 Å². The first-order valence-electron chi connectivity index (χ1n) is 6.51. The van der Waals surface area contributed by atoms with Crippen LogP contribution in [0.5, 0.6) is 0 Å². The van der Waals surface area contributed by atoms with Crippen LogP contribution in [-0.2, 0) is 9.47 Å². The van der Waals surface area contributed by atoms with Gasteiger partial charge in [0.1, 0.15) is 11.9 Å². The van der Waals surface area contributed by atoms with E-state index in [0.717, 1.165) is 11.1 Å². The third-order valence-electron chi connectivity index (χ3n) is 2.91. The lowest BCUT2D eigenvalue weighted by molar-refractivity contribution is -0.155. The summed E-state index contributed by atoms with van der Waals surface area (Å²) in [4.78, 5) is 0. The van der Waals surface area contributed by atoms with Gasteiger partial charge in [0.2, 0.25) is 0 Å². The molecule has 1 atom stereocenters. The molecule has 0 aliphatic carbocycles. The normalized spacial score (nSPS) is 13.0. The fraction of sp³-hybridized carbons (Fsp3) is 0.571. The second-order valence-electron chi connectivity index (χ2n) is 4.40. The molecule has 5 heteroatoms. The van der Waals surface area contributed by atoms with Gasteiger partial charge in [0.05, 0.1) is 0 Å². The lowest BCUT2D eigenvalue weighted by Crippen LogP contribution is -2.40. The Morgan fingerprint density at radius 3 is 2.21 bits per heavy atom. The maximum Gasteiger partial charge on any atom is 0.178 e. The topological polar surface area (TPSA) is 56.5 Å². The minimum absolute atomic E-state index is 0.301. The second-order valence-corrected chi connectivity index (χ2v) is 4.40. The van der Waals surface area contributed by atoms with Crippen LogP contribution in [0.3, 0.4) is 0 Å². The molecule has 0 amide bonds. The highest BCUT2D eigenvalue weighted by atomic mass is 19.1. The number of nitrogens with one attached hydrogen (secondary N) is 1. The van der Waals surface area contributed by atoms with E-state index in [0.29, 0.717) is 18.8 Å². The van der Waals surface area contributed by atoms with E-state index in [1.807, 2.05) is 33.8 Å². The lowest BCUT2D eigenvalue weighted by atomic mass is 9.98. The fourth-order valence-corrected chi connectivity index (χ4v) is 2.19. The molecule has 108 valence electrons. The molecule has 0 heterocycles. The second kappa shape index (κ2) is 7.55. The van der Waals surface area contributed by atoms with Gasteiger partial charge in [-0.05, 0) is 44.9 Å². The highest BCUT2D eigenvalue weighted by Gasteiger charge is 2.27. The molecule has 1 aromatic carbocycles. The number of halogens is 1. The van der Waals surface area contributed by atoms with Gasteiger partial charge in [0, 0.05) is 18.8 Å². The lowest BCUT2D eigenvalue weighted by Gasteiger charge is -2.28. The monoisotopic (exact) mass is 270 g/mol. The molecule has 0 saturated carbocycles. The molecule has 0 aliphatic rings. The molecule has 0 aliphatic heterocycles. The number of hydrazine groups is 1. The minimum Gasteiger partial charge on any atom is -0.351 e. The molecule has 0 aromatic heterocycles. The van der Waals surface area contributed by atoms with Crippen molar-refractivity contribution in [2.24, 2.45) is 5.84 Å². The predicted octanol–water partition coefficient (Wildman–Crippen LogP) is 2.35. The van der Waals surface area contributed by atoms with E-state index in [9.17, 15) is 4.39 Å². The van der Waals surface area contributed by atoms with Gasteiger partial charge in [0.25, 0.3) is 0 Å². The van der Waals surface area contributed by atoms with Crippen LogP contribution in [0.4, 0.5) is 4.39 Å². The SMILES string of the molecule is CCOC(OCC)C(NN)c1c(C)cc(C)cc1F. The quantitative estimate of drug-likeness (QED) is 0.453. The fourth-order valence-electron chi connectivity index (χ4n) is 2.19. The first-order chi connectivity index (χ1) is 9.04. The van der Waals surface area contributed by atoms with Crippen molar-refractivity contribution < 1.29 is 13.9 Å². The third kappa shape index (κ3) is 3.98. The van der Waals surface area contributed by atoms with Crippen molar-refractivity contribution in [2.75, 3.05) is 13.2 Å². The summed E-state index contributed by atoms with van der Waals surface area (Å²) in [7, 11) is 0. The van der Waals surface area contributed by atoms with Crippen LogP contribution >= 0.6 is 0 Å². The van der Waals surface area contributed by atoms with Gasteiger partial charge in [-0.25, -0.2) is 9.82 Å². The van der Waals surface area contributed by atoms with E-state index in [-0.39, 0.29) is 5.82 Å². The molecule has 4 nitrogen and oxygen atoms in total. The zero-order valence-electron chi connectivity index (χ0n) is 12.0. The van der Waals surface area contributed by atoms with Crippen molar-refractivity contribution >= 4 is 0 Å². The number of hydrogen-bond acceptors (Lipinski definition) is 4. The summed E-state index contributed by atoms with van der Waals surface area (Å²) in [5.74, 6) is 5.26. The van der Waals surface area contributed by atoms with E-state index in [2.05, 4.69) is 5.43 Å². The van der Waals surface area contributed by atoms with Gasteiger partial charge in [-0.1, -0.05) is 6.07 Å². The van der Waals surface area contributed by atoms with Gasteiger partial charge in [-0.2, -0.15) is 0 Å². The summed E-state index contributed by atoms with van der Waals surface area (Å²) in [6, 6.07) is 2.86. The smallest absolute Gasteiger partial charge is 0.178 e. The number of hydrogen-bond donors (Lipinski definition) is 2. The Kier molecular flexibility index (Phi) is 6.37. The standard InChI is InChI=1S/C14H23FN2O2/c1-5-18-14(19-6-2)13(17-16)12-10(4)7-9(3)8-11(12)15/h7-8,13-14,17H,5-6,16H2,1-4H3. The van der Waals surface area contributed by atoms with Crippen LogP contribution in [0.25, 0.3) is 0 Å². The highest BCUT2D eigenvalue weighted by Crippen LogP contribution is 2.27. The number of aryl methyl sites for hydroxylation is 2. The molecule has 0 radical (unpaired) electrons. The molecule has 1 unspecified atom stereocenters. The van der Waals surface area contributed by atoms with Crippen molar-refractivity contribution in [1.82, 2.24) is 5.43 Å². The Labute approximate surface area is 114 Å². The van der Waals surface area contributed by atoms with Crippen molar-refractivity contribution in [3.05, 3.63) is 34.6 Å². The third-order valence-corrected chi connectivity index (χ3v) is 2.91. The maximum absolute atomic E-state index is 14.2. The van der Waals surface area contributed by atoms with E-state index >= 15 is 0 Å². The van der Waals surface area contributed by atoms with Gasteiger partial charge >= 0.3 is 0 Å². The average Bonchev–Trinajstić information content (AvgIpc) is 2.33. The van der Waals surface area contributed by atoms with Crippen molar-refractivity contribution in [1.29, 1.82) is 0 Å². The number of ether oxygens (including phenoxy) is 2. The van der Waals surface area contributed by atoms with E-state index < -0.39 is 12.3 Å². The van der Waals surface area contributed by atoms with Crippen LogP contribution < -0.4 is 11.3 Å². The molecule has 3 N–H and O–H groups in total. The minimum atomic E-state index is -0.615. The van der Waals surface area contributed by atoms with Crippen LogP contribution in [0.2, 0.25) is 0 Å². The molecule has 1 rings (SSSR count). The largest absolute Gasteiger partial charge is 0.351 e. The van der Waals surface area contributed by atoms with Crippen molar-refractivity contribution in [3.63, 3.8) is 0 Å². The van der Waals surface area contributed by atoms with Gasteiger partial charge in [-0.3, -0.25) is 5.84 Å². The summed E-state index contributed by atoms with van der Waals surface area (Å²) in [5.41, 5.74) is 4.78. The number of rotatable bonds is 7. The Bertz CT molecular complexity index is 383. The van der Waals surface area contributed by atoms with E-state index in [1.54, 1.807) is 0 Å². The van der Waals surface area contributed by atoms with Gasteiger partial charge in [0.15, 0.2) is 6.29 Å². The molecule has 0 spiro atoms. The first kappa shape index (κ1) is 16.0. The Balaban J connectivity index is 3.14.